The zero-order valence-electron chi connectivity index (χ0n) is 16.6. The van der Waals surface area contributed by atoms with Gasteiger partial charge in [0.05, 0.1) is 13.3 Å². The predicted molar refractivity (Wildman–Crippen MR) is 109 cm³/mol. The van der Waals surface area contributed by atoms with E-state index >= 15 is 0 Å². The Hall–Kier alpha value is -2.57. The second kappa shape index (κ2) is 8.63. The summed E-state index contributed by atoms with van der Waals surface area (Å²) in [4.78, 5) is 2.57. The van der Waals surface area contributed by atoms with Gasteiger partial charge < -0.3 is 14.5 Å². The number of aromatic amines is 1. The van der Waals surface area contributed by atoms with Crippen LogP contribution in [0.25, 0.3) is 11.5 Å². The summed E-state index contributed by atoms with van der Waals surface area (Å²) in [5, 5.41) is 10.9. The first-order valence-electron chi connectivity index (χ1n) is 9.92. The molecular formula is C22H28N4O2. The van der Waals surface area contributed by atoms with E-state index in [0.29, 0.717) is 6.04 Å². The Labute approximate surface area is 165 Å². The molecule has 0 spiro atoms. The maximum Gasteiger partial charge on any atom is 0.152 e. The average molecular weight is 380 g/mol. The van der Waals surface area contributed by atoms with Crippen molar-refractivity contribution >= 4 is 0 Å². The number of aryl methyl sites for hydroxylation is 1. The summed E-state index contributed by atoms with van der Waals surface area (Å²) in [6.07, 6.45) is 4.42. The summed E-state index contributed by atoms with van der Waals surface area (Å²) in [5.74, 6) is 2.63. The molecule has 148 valence electrons. The van der Waals surface area contributed by atoms with Crippen molar-refractivity contribution in [3.8, 4) is 17.2 Å². The highest BCUT2D eigenvalue weighted by molar-refractivity contribution is 5.56. The van der Waals surface area contributed by atoms with Crippen LogP contribution >= 0.6 is 0 Å². The van der Waals surface area contributed by atoms with Crippen LogP contribution in [-0.2, 0) is 6.54 Å². The Morgan fingerprint density at radius 3 is 2.64 bits per heavy atom. The predicted octanol–water partition coefficient (Wildman–Crippen LogP) is 3.91. The van der Waals surface area contributed by atoms with Gasteiger partial charge in [0.15, 0.2) is 5.76 Å². The summed E-state index contributed by atoms with van der Waals surface area (Å²) in [5.41, 5.74) is 3.39. The van der Waals surface area contributed by atoms with Crippen LogP contribution in [0, 0.1) is 6.92 Å². The van der Waals surface area contributed by atoms with Gasteiger partial charge in [0, 0.05) is 24.7 Å². The van der Waals surface area contributed by atoms with Crippen molar-refractivity contribution in [1.29, 1.82) is 0 Å². The number of furan rings is 1. The first kappa shape index (κ1) is 18.8. The van der Waals surface area contributed by atoms with E-state index in [1.54, 1.807) is 7.11 Å². The smallest absolute Gasteiger partial charge is 0.152 e. The van der Waals surface area contributed by atoms with Crippen molar-refractivity contribution < 1.29 is 9.15 Å². The van der Waals surface area contributed by atoms with Crippen LogP contribution in [0.15, 0.2) is 47.0 Å². The molecule has 6 heteroatoms. The number of methoxy groups -OCH3 is 1. The van der Waals surface area contributed by atoms with Gasteiger partial charge in [0.1, 0.15) is 17.2 Å². The van der Waals surface area contributed by atoms with E-state index in [1.807, 2.05) is 37.4 Å². The second-order valence-electron chi connectivity index (χ2n) is 7.34. The fraction of sp³-hybridized carbons (Fsp3) is 0.409. The number of aromatic nitrogens is 2. The summed E-state index contributed by atoms with van der Waals surface area (Å²) < 4.78 is 11.1. The van der Waals surface area contributed by atoms with Crippen molar-refractivity contribution in [3.63, 3.8) is 0 Å². The summed E-state index contributed by atoms with van der Waals surface area (Å²) in [7, 11) is 1.71. The van der Waals surface area contributed by atoms with E-state index in [0.717, 1.165) is 54.7 Å². The van der Waals surface area contributed by atoms with Crippen molar-refractivity contribution in [2.75, 3.05) is 26.7 Å². The monoisotopic (exact) mass is 380 g/mol. The molecule has 1 fully saturated rings. The van der Waals surface area contributed by atoms with Gasteiger partial charge in [-0.25, -0.2) is 0 Å². The summed E-state index contributed by atoms with van der Waals surface area (Å²) in [6, 6.07) is 12.8. The lowest BCUT2D eigenvalue weighted by atomic mass is 10.0. The zero-order chi connectivity index (χ0) is 19.3. The molecule has 3 aromatic rings. The number of hydrogen-bond acceptors (Lipinski definition) is 5. The molecule has 0 amide bonds. The summed E-state index contributed by atoms with van der Waals surface area (Å²) >= 11 is 0. The molecule has 1 aliphatic rings. The molecule has 1 saturated heterocycles. The van der Waals surface area contributed by atoms with Gasteiger partial charge in [0.25, 0.3) is 0 Å². The number of nitrogens with zero attached hydrogens (tertiary/aromatic N) is 2. The normalized spacial score (nSPS) is 15.8. The van der Waals surface area contributed by atoms with Crippen LogP contribution in [-0.4, -0.2) is 41.8 Å². The number of H-pyrrole nitrogens is 1. The third-order valence-corrected chi connectivity index (χ3v) is 5.44. The van der Waals surface area contributed by atoms with Crippen molar-refractivity contribution in [2.24, 2.45) is 0 Å². The molecule has 0 bridgehead atoms. The van der Waals surface area contributed by atoms with Crippen LogP contribution < -0.4 is 10.1 Å². The fourth-order valence-corrected chi connectivity index (χ4v) is 3.91. The largest absolute Gasteiger partial charge is 0.497 e. The van der Waals surface area contributed by atoms with Gasteiger partial charge in [0.2, 0.25) is 0 Å². The average Bonchev–Trinajstić information content (AvgIpc) is 3.47. The maximum atomic E-state index is 5.75. The highest BCUT2D eigenvalue weighted by atomic mass is 16.5. The number of likely N-dealkylation sites (tertiary alicyclic amines) is 1. The third kappa shape index (κ3) is 4.13. The number of hydrogen-bond donors (Lipinski definition) is 2. The highest BCUT2D eigenvalue weighted by Gasteiger charge is 2.23. The minimum absolute atomic E-state index is 0.356. The molecule has 3 heterocycles. The van der Waals surface area contributed by atoms with E-state index in [-0.39, 0.29) is 0 Å². The number of ether oxygens (including phenoxy) is 1. The lowest BCUT2D eigenvalue weighted by Crippen LogP contribution is -2.34. The molecule has 1 atom stereocenters. The van der Waals surface area contributed by atoms with Gasteiger partial charge >= 0.3 is 0 Å². The number of nitrogens with one attached hydrogen (secondary N) is 2. The number of benzene rings is 1. The van der Waals surface area contributed by atoms with E-state index in [9.17, 15) is 0 Å². The quantitative estimate of drug-likeness (QED) is 0.620. The first-order valence-corrected chi connectivity index (χ1v) is 9.92. The van der Waals surface area contributed by atoms with Gasteiger partial charge in [-0.3, -0.25) is 10.00 Å². The van der Waals surface area contributed by atoms with Gasteiger partial charge in [-0.15, -0.1) is 0 Å². The molecule has 6 nitrogen and oxygen atoms in total. The fourth-order valence-electron chi connectivity index (χ4n) is 3.91. The molecule has 0 aliphatic carbocycles. The standard InChI is InChI=1S/C22H28N4O2/c1-16-5-10-21(28-16)22-18(14-24-25-22)13-23-15-20(26-11-3-4-12-26)17-6-8-19(27-2)9-7-17/h5-10,14,20,23H,3-4,11-13,15H2,1-2H3,(H,24,25). The van der Waals surface area contributed by atoms with Gasteiger partial charge in [-0.05, 0) is 62.7 Å². The van der Waals surface area contributed by atoms with Gasteiger partial charge in [-0.2, -0.15) is 5.10 Å². The van der Waals surface area contributed by atoms with Crippen molar-refractivity contribution in [3.05, 3.63) is 59.5 Å². The van der Waals surface area contributed by atoms with E-state index in [4.69, 9.17) is 9.15 Å². The molecule has 28 heavy (non-hydrogen) atoms. The third-order valence-electron chi connectivity index (χ3n) is 5.44. The molecule has 0 radical (unpaired) electrons. The Kier molecular flexibility index (Phi) is 5.78. The zero-order valence-corrected chi connectivity index (χ0v) is 16.6. The molecule has 2 aromatic heterocycles. The van der Waals surface area contributed by atoms with Crippen molar-refractivity contribution in [1.82, 2.24) is 20.4 Å². The lowest BCUT2D eigenvalue weighted by Gasteiger charge is -2.28. The van der Waals surface area contributed by atoms with Crippen molar-refractivity contribution in [2.45, 2.75) is 32.4 Å². The molecule has 2 N–H and O–H groups in total. The maximum absolute atomic E-state index is 5.75. The van der Waals surface area contributed by atoms with E-state index < -0.39 is 0 Å². The SMILES string of the molecule is COc1ccc(C(CNCc2cn[nH]c2-c2ccc(C)o2)N2CCCC2)cc1. The van der Waals surface area contributed by atoms with Crippen LogP contribution in [0.4, 0.5) is 0 Å². The molecule has 4 rings (SSSR count). The van der Waals surface area contributed by atoms with Gasteiger partial charge in [-0.1, -0.05) is 12.1 Å². The molecule has 1 aliphatic heterocycles. The topological polar surface area (TPSA) is 66.3 Å². The summed E-state index contributed by atoms with van der Waals surface area (Å²) in [6.45, 7) is 5.88. The Morgan fingerprint density at radius 1 is 1.18 bits per heavy atom. The molecule has 1 unspecified atom stereocenters. The minimum Gasteiger partial charge on any atom is -0.497 e. The van der Waals surface area contributed by atoms with Crippen LogP contribution in [0.5, 0.6) is 5.75 Å². The lowest BCUT2D eigenvalue weighted by molar-refractivity contribution is 0.238. The Balaban J connectivity index is 1.44. The minimum atomic E-state index is 0.356. The molecule has 0 saturated carbocycles. The van der Waals surface area contributed by atoms with Crippen LogP contribution in [0.3, 0.4) is 0 Å². The Bertz CT molecular complexity index is 878. The van der Waals surface area contributed by atoms with E-state index in [1.165, 1.54) is 18.4 Å². The first-order chi connectivity index (χ1) is 13.7. The molecule has 1 aromatic carbocycles. The molecular weight excluding hydrogens is 352 g/mol. The number of rotatable bonds is 8. The van der Waals surface area contributed by atoms with E-state index in [2.05, 4.69) is 32.5 Å². The van der Waals surface area contributed by atoms with Crippen LogP contribution in [0.1, 0.15) is 35.8 Å². The van der Waals surface area contributed by atoms with Crippen LogP contribution in [0.2, 0.25) is 0 Å². The highest BCUT2D eigenvalue weighted by Crippen LogP contribution is 2.27. The second-order valence-corrected chi connectivity index (χ2v) is 7.34. The Morgan fingerprint density at radius 2 is 1.96 bits per heavy atom.